The Balaban J connectivity index is 2.55. The molecule has 6 nitrogen and oxygen atoms in total. The Kier molecular flexibility index (Phi) is 5.45. The van der Waals surface area contributed by atoms with Gasteiger partial charge in [0.15, 0.2) is 0 Å². The quantitative estimate of drug-likeness (QED) is 0.738. The molecule has 1 heterocycles. The highest BCUT2D eigenvalue weighted by Crippen LogP contribution is 2.12. The predicted octanol–water partition coefficient (Wildman–Crippen LogP) is 1.80. The largest absolute Gasteiger partial charge is 0.478 e. The number of amides is 3. The predicted molar refractivity (Wildman–Crippen MR) is 75.4 cm³/mol. The van der Waals surface area contributed by atoms with Gasteiger partial charge >= 0.3 is 12.0 Å². The third-order valence-electron chi connectivity index (χ3n) is 2.85. The average molecular weight is 296 g/mol. The van der Waals surface area contributed by atoms with Crippen LogP contribution in [0.1, 0.15) is 25.0 Å². The maximum atomic E-state index is 11.6. The van der Waals surface area contributed by atoms with Gasteiger partial charge < -0.3 is 10.4 Å². The minimum atomic E-state index is -1.19. The van der Waals surface area contributed by atoms with Crippen LogP contribution in [-0.4, -0.2) is 23.0 Å². The van der Waals surface area contributed by atoms with E-state index in [0.717, 1.165) is 11.1 Å². The van der Waals surface area contributed by atoms with E-state index in [4.69, 9.17) is 5.11 Å². The van der Waals surface area contributed by atoms with Crippen molar-refractivity contribution in [1.82, 2.24) is 10.6 Å². The fourth-order valence-electron chi connectivity index (χ4n) is 1.32. The Morgan fingerprint density at radius 2 is 1.85 bits per heavy atom. The number of carboxylic acids is 1. The number of carboxylic acid groups (broad SMARTS) is 1. The third-order valence-corrected chi connectivity index (χ3v) is 3.76. The molecule has 0 aliphatic heterocycles. The molecule has 1 rings (SSSR count). The molecule has 3 N–H and O–H groups in total. The molecule has 7 heteroatoms. The number of nitrogens with one attached hydrogen (secondary N) is 2. The summed E-state index contributed by atoms with van der Waals surface area (Å²) in [6.07, 6.45) is 0. The van der Waals surface area contributed by atoms with Gasteiger partial charge in [-0.2, -0.15) is 11.3 Å². The molecule has 0 saturated carbocycles. The first-order valence-corrected chi connectivity index (χ1v) is 6.78. The maximum Gasteiger partial charge on any atom is 0.331 e. The lowest BCUT2D eigenvalue weighted by Crippen LogP contribution is -2.39. The smallest absolute Gasteiger partial charge is 0.331 e. The molecule has 0 saturated heterocycles. The third kappa shape index (κ3) is 4.20. The molecule has 0 spiro atoms. The van der Waals surface area contributed by atoms with Crippen LogP contribution in [0.5, 0.6) is 0 Å². The standard InChI is InChI=1S/C13H16N2O4S/c1-7-5-20-6-10(7)4-14-13(19)15-11(16)8(2)9(3)12(17)18/h5-6H,4H2,1-3H3,(H,17,18)(H2,14,15,16,19)/b9-8+. The monoisotopic (exact) mass is 296 g/mol. The van der Waals surface area contributed by atoms with Gasteiger partial charge in [0, 0.05) is 17.7 Å². The molecule has 1 aromatic heterocycles. The van der Waals surface area contributed by atoms with Gasteiger partial charge in [0.05, 0.1) is 0 Å². The molecule has 0 bridgehead atoms. The van der Waals surface area contributed by atoms with Crippen molar-refractivity contribution >= 4 is 29.2 Å². The van der Waals surface area contributed by atoms with Crippen molar-refractivity contribution in [2.75, 3.05) is 0 Å². The van der Waals surface area contributed by atoms with Crippen molar-refractivity contribution in [2.45, 2.75) is 27.3 Å². The molecule has 0 atom stereocenters. The number of aryl methyl sites for hydroxylation is 1. The van der Waals surface area contributed by atoms with Crippen LogP contribution in [0.4, 0.5) is 4.79 Å². The van der Waals surface area contributed by atoms with E-state index in [1.54, 1.807) is 0 Å². The van der Waals surface area contributed by atoms with E-state index in [0.29, 0.717) is 6.54 Å². The molecule has 0 aliphatic carbocycles. The summed E-state index contributed by atoms with van der Waals surface area (Å²) in [5, 5.41) is 17.3. The highest BCUT2D eigenvalue weighted by Gasteiger charge is 2.15. The van der Waals surface area contributed by atoms with E-state index in [-0.39, 0.29) is 11.1 Å². The van der Waals surface area contributed by atoms with Gasteiger partial charge in [-0.05, 0) is 42.7 Å². The lowest BCUT2D eigenvalue weighted by atomic mass is 10.1. The van der Waals surface area contributed by atoms with Crippen LogP contribution in [0.3, 0.4) is 0 Å². The zero-order valence-electron chi connectivity index (χ0n) is 11.4. The summed E-state index contributed by atoms with van der Waals surface area (Å²) in [6.45, 7) is 4.91. The van der Waals surface area contributed by atoms with Gasteiger partial charge in [-0.25, -0.2) is 9.59 Å². The van der Waals surface area contributed by atoms with Crippen molar-refractivity contribution in [3.05, 3.63) is 33.0 Å². The minimum absolute atomic E-state index is 0.000589. The van der Waals surface area contributed by atoms with E-state index >= 15 is 0 Å². The van der Waals surface area contributed by atoms with Crippen LogP contribution >= 0.6 is 11.3 Å². The molecular weight excluding hydrogens is 280 g/mol. The van der Waals surface area contributed by atoms with Gasteiger partial charge in [0.1, 0.15) is 0 Å². The minimum Gasteiger partial charge on any atom is -0.478 e. The molecular formula is C13H16N2O4S. The van der Waals surface area contributed by atoms with Crippen LogP contribution in [0.15, 0.2) is 21.9 Å². The highest BCUT2D eigenvalue weighted by molar-refractivity contribution is 7.08. The molecule has 1 aromatic rings. The Morgan fingerprint density at radius 3 is 2.35 bits per heavy atom. The first kappa shape index (κ1) is 15.9. The molecule has 0 radical (unpaired) electrons. The van der Waals surface area contributed by atoms with Crippen molar-refractivity contribution in [3.8, 4) is 0 Å². The number of hydrogen-bond donors (Lipinski definition) is 3. The summed E-state index contributed by atoms with van der Waals surface area (Å²) in [5.41, 5.74) is 1.95. The van der Waals surface area contributed by atoms with Crippen molar-refractivity contribution < 1.29 is 19.5 Å². The summed E-state index contributed by atoms with van der Waals surface area (Å²) in [4.78, 5) is 33.9. The number of hydrogen-bond acceptors (Lipinski definition) is 4. The summed E-state index contributed by atoms with van der Waals surface area (Å²) in [7, 11) is 0. The molecule has 0 aliphatic rings. The Hall–Kier alpha value is -2.15. The van der Waals surface area contributed by atoms with E-state index in [1.165, 1.54) is 25.2 Å². The zero-order valence-corrected chi connectivity index (χ0v) is 12.3. The molecule has 108 valence electrons. The van der Waals surface area contributed by atoms with Crippen molar-refractivity contribution in [2.24, 2.45) is 0 Å². The number of aliphatic carboxylic acids is 1. The number of imide groups is 1. The van der Waals surface area contributed by atoms with E-state index in [9.17, 15) is 14.4 Å². The molecule has 0 unspecified atom stereocenters. The fourth-order valence-corrected chi connectivity index (χ4v) is 2.17. The van der Waals surface area contributed by atoms with Crippen molar-refractivity contribution in [1.29, 1.82) is 0 Å². The summed E-state index contributed by atoms with van der Waals surface area (Å²) in [6, 6.07) is -0.655. The summed E-state index contributed by atoms with van der Waals surface area (Å²) in [5.74, 6) is -1.91. The number of rotatable bonds is 4. The number of thiophene rings is 1. The highest BCUT2D eigenvalue weighted by atomic mass is 32.1. The average Bonchev–Trinajstić information content (AvgIpc) is 2.79. The summed E-state index contributed by atoms with van der Waals surface area (Å²) < 4.78 is 0. The van der Waals surface area contributed by atoms with E-state index in [1.807, 2.05) is 17.7 Å². The maximum absolute atomic E-state index is 11.6. The SMILES string of the molecule is C/C(C(=O)O)=C(/C)C(=O)NC(=O)NCc1cscc1C. The lowest BCUT2D eigenvalue weighted by molar-refractivity contribution is -0.133. The van der Waals surface area contributed by atoms with Crippen LogP contribution < -0.4 is 10.6 Å². The molecule has 3 amide bonds. The van der Waals surface area contributed by atoms with E-state index in [2.05, 4.69) is 10.6 Å². The number of urea groups is 1. The topological polar surface area (TPSA) is 95.5 Å². The van der Waals surface area contributed by atoms with Gasteiger partial charge in [0.2, 0.25) is 0 Å². The summed E-state index contributed by atoms with van der Waals surface area (Å²) >= 11 is 1.53. The Bertz CT molecular complexity index is 575. The van der Waals surface area contributed by atoms with E-state index < -0.39 is 17.9 Å². The number of carbonyl (C=O) groups excluding carboxylic acids is 2. The second-order valence-corrected chi connectivity index (χ2v) is 5.02. The Morgan fingerprint density at radius 1 is 1.20 bits per heavy atom. The second kappa shape index (κ2) is 6.85. The van der Waals surface area contributed by atoms with Gasteiger partial charge in [-0.3, -0.25) is 10.1 Å². The fraction of sp³-hybridized carbons (Fsp3) is 0.308. The van der Waals surface area contributed by atoms with Crippen LogP contribution in [0.25, 0.3) is 0 Å². The zero-order chi connectivity index (χ0) is 15.3. The molecule has 0 fully saturated rings. The van der Waals surface area contributed by atoms with Crippen LogP contribution in [0, 0.1) is 6.92 Å². The number of carbonyl (C=O) groups is 3. The van der Waals surface area contributed by atoms with Crippen LogP contribution in [0.2, 0.25) is 0 Å². The second-order valence-electron chi connectivity index (χ2n) is 4.27. The first-order chi connectivity index (χ1) is 9.32. The Labute approximate surface area is 120 Å². The van der Waals surface area contributed by atoms with Gasteiger partial charge in [-0.15, -0.1) is 0 Å². The van der Waals surface area contributed by atoms with Crippen LogP contribution in [-0.2, 0) is 16.1 Å². The van der Waals surface area contributed by atoms with Gasteiger partial charge in [0.25, 0.3) is 5.91 Å². The van der Waals surface area contributed by atoms with Crippen molar-refractivity contribution in [3.63, 3.8) is 0 Å². The first-order valence-electron chi connectivity index (χ1n) is 5.84. The van der Waals surface area contributed by atoms with Gasteiger partial charge in [-0.1, -0.05) is 0 Å². The lowest BCUT2D eigenvalue weighted by Gasteiger charge is -2.07. The molecule has 0 aromatic carbocycles. The normalized spacial score (nSPS) is 11.6. The molecule has 20 heavy (non-hydrogen) atoms.